The zero-order valence-electron chi connectivity index (χ0n) is 13.3. The number of aromatic nitrogens is 2. The zero-order valence-corrected chi connectivity index (χ0v) is 16.5. The van der Waals surface area contributed by atoms with E-state index < -0.39 is 0 Å². The van der Waals surface area contributed by atoms with Gasteiger partial charge >= 0.3 is 0 Å². The molecular formula is C16H13ClN4O2S3. The number of rotatable bonds is 8. The lowest BCUT2D eigenvalue weighted by Gasteiger charge is -2.00. The Morgan fingerprint density at radius 2 is 2.04 bits per heavy atom. The highest BCUT2D eigenvalue weighted by Gasteiger charge is 2.09. The number of hydrazone groups is 1. The van der Waals surface area contributed by atoms with E-state index in [2.05, 4.69) is 20.7 Å². The Hall–Kier alpha value is -1.81. The number of hydrogen-bond acceptors (Lipinski definition) is 8. The van der Waals surface area contributed by atoms with Crippen LogP contribution in [-0.4, -0.2) is 28.1 Å². The third-order valence-corrected chi connectivity index (χ3v) is 6.56. The average molecular weight is 425 g/mol. The van der Waals surface area contributed by atoms with Gasteiger partial charge in [0.05, 0.1) is 18.2 Å². The van der Waals surface area contributed by atoms with Crippen molar-refractivity contribution in [3.05, 3.63) is 59.0 Å². The van der Waals surface area contributed by atoms with Crippen LogP contribution in [0, 0.1) is 0 Å². The van der Waals surface area contributed by atoms with Gasteiger partial charge in [0, 0.05) is 10.8 Å². The number of nitrogens with zero attached hydrogens (tertiary/aromatic N) is 3. The first-order chi connectivity index (χ1) is 12.7. The maximum Gasteiger partial charge on any atom is 0.250 e. The van der Waals surface area contributed by atoms with Crippen molar-refractivity contribution >= 4 is 58.6 Å². The second-order valence-electron chi connectivity index (χ2n) is 4.81. The number of hydrogen-bond donors (Lipinski definition) is 1. The highest BCUT2D eigenvalue weighted by atomic mass is 35.5. The summed E-state index contributed by atoms with van der Waals surface area (Å²) in [5.74, 6) is 1.28. The number of halogens is 1. The van der Waals surface area contributed by atoms with Crippen LogP contribution in [0.2, 0.25) is 5.02 Å². The van der Waals surface area contributed by atoms with Gasteiger partial charge in [0.25, 0.3) is 5.91 Å². The smallest absolute Gasteiger partial charge is 0.250 e. The standard InChI is InChI=1S/C16H13ClN4O2S3/c17-13-6-2-1-4-11(13)9-24-15-20-21-16(26-15)25-10-14(22)19-18-8-12-5-3-7-23-12/h1-8H,9-10H2,(H,19,22)/b18-8-. The minimum absolute atomic E-state index is 0.208. The largest absolute Gasteiger partial charge is 0.463 e. The van der Waals surface area contributed by atoms with Crippen molar-refractivity contribution in [2.75, 3.05) is 5.75 Å². The van der Waals surface area contributed by atoms with E-state index >= 15 is 0 Å². The molecule has 2 heterocycles. The molecule has 26 heavy (non-hydrogen) atoms. The number of thioether (sulfide) groups is 2. The highest BCUT2D eigenvalue weighted by molar-refractivity contribution is 8.03. The predicted molar refractivity (Wildman–Crippen MR) is 106 cm³/mol. The van der Waals surface area contributed by atoms with Gasteiger partial charge in [-0.25, -0.2) is 5.43 Å². The second kappa shape index (κ2) is 9.77. The summed E-state index contributed by atoms with van der Waals surface area (Å²) in [6.45, 7) is 0. The molecule has 1 N–H and O–H groups in total. The lowest BCUT2D eigenvalue weighted by Crippen LogP contribution is -2.19. The number of benzene rings is 1. The number of carbonyl (C=O) groups is 1. The first-order valence-corrected chi connectivity index (χ1v) is 10.5. The van der Waals surface area contributed by atoms with Crippen molar-refractivity contribution in [3.8, 4) is 0 Å². The van der Waals surface area contributed by atoms with Crippen molar-refractivity contribution in [2.45, 2.75) is 14.4 Å². The van der Waals surface area contributed by atoms with Gasteiger partial charge in [-0.2, -0.15) is 5.10 Å². The van der Waals surface area contributed by atoms with E-state index in [-0.39, 0.29) is 11.7 Å². The predicted octanol–water partition coefficient (Wildman–Crippen LogP) is 4.32. The van der Waals surface area contributed by atoms with Crippen LogP contribution in [0.4, 0.5) is 0 Å². The van der Waals surface area contributed by atoms with Crippen LogP contribution in [0.15, 0.2) is 60.9 Å². The second-order valence-corrected chi connectivity index (χ2v) is 8.64. The molecule has 1 amide bonds. The maximum absolute atomic E-state index is 11.8. The first-order valence-electron chi connectivity index (χ1n) is 7.38. The number of carbonyl (C=O) groups excluding carboxylic acids is 1. The van der Waals surface area contributed by atoms with Crippen LogP contribution < -0.4 is 5.43 Å². The summed E-state index contributed by atoms with van der Waals surface area (Å²) in [5, 5.41) is 12.8. The van der Waals surface area contributed by atoms with Gasteiger partial charge in [-0.15, -0.1) is 10.2 Å². The number of amides is 1. The fourth-order valence-corrected chi connectivity index (χ4v) is 4.86. The third-order valence-electron chi connectivity index (χ3n) is 2.95. The Balaban J connectivity index is 1.42. The number of nitrogens with one attached hydrogen (secondary N) is 1. The van der Waals surface area contributed by atoms with Crippen LogP contribution in [0.1, 0.15) is 11.3 Å². The molecule has 0 saturated heterocycles. The quantitative estimate of drug-likeness (QED) is 0.329. The Morgan fingerprint density at radius 3 is 2.81 bits per heavy atom. The van der Waals surface area contributed by atoms with E-state index in [1.807, 2.05) is 24.3 Å². The molecule has 0 atom stereocenters. The summed E-state index contributed by atoms with van der Waals surface area (Å²) >= 11 is 10.5. The van der Waals surface area contributed by atoms with Gasteiger partial charge < -0.3 is 4.42 Å². The first kappa shape index (κ1) is 19.0. The van der Waals surface area contributed by atoms with Gasteiger partial charge in [0.2, 0.25) is 0 Å². The average Bonchev–Trinajstić information content (AvgIpc) is 3.31. The summed E-state index contributed by atoms with van der Waals surface area (Å²) in [5.41, 5.74) is 3.49. The van der Waals surface area contributed by atoms with Crippen LogP contribution in [0.3, 0.4) is 0 Å². The van der Waals surface area contributed by atoms with Gasteiger partial charge in [0.15, 0.2) is 8.68 Å². The molecule has 3 aromatic rings. The van der Waals surface area contributed by atoms with E-state index in [0.29, 0.717) is 5.76 Å². The normalized spacial score (nSPS) is 11.1. The molecule has 0 saturated carbocycles. The van der Waals surface area contributed by atoms with Crippen molar-refractivity contribution in [3.63, 3.8) is 0 Å². The van der Waals surface area contributed by atoms with Crippen LogP contribution in [-0.2, 0) is 10.5 Å². The Bertz CT molecular complexity index is 883. The van der Waals surface area contributed by atoms with E-state index in [4.69, 9.17) is 16.0 Å². The summed E-state index contributed by atoms with van der Waals surface area (Å²) < 4.78 is 6.65. The summed E-state index contributed by atoms with van der Waals surface area (Å²) in [4.78, 5) is 11.8. The molecule has 1 aromatic carbocycles. The molecular weight excluding hydrogens is 412 g/mol. The number of furan rings is 1. The van der Waals surface area contributed by atoms with Crippen molar-refractivity contribution < 1.29 is 9.21 Å². The van der Waals surface area contributed by atoms with E-state index in [1.54, 1.807) is 23.9 Å². The molecule has 3 rings (SSSR count). The lowest BCUT2D eigenvalue weighted by molar-refractivity contribution is -0.118. The molecule has 0 radical (unpaired) electrons. The van der Waals surface area contributed by atoms with Crippen molar-refractivity contribution in [2.24, 2.45) is 5.10 Å². The van der Waals surface area contributed by atoms with Gasteiger partial charge in [-0.3, -0.25) is 4.79 Å². The van der Waals surface area contributed by atoms with Crippen LogP contribution >= 0.6 is 46.5 Å². The summed E-state index contributed by atoms with van der Waals surface area (Å²) in [6, 6.07) is 11.2. The topological polar surface area (TPSA) is 80.4 Å². The highest BCUT2D eigenvalue weighted by Crippen LogP contribution is 2.32. The molecule has 0 aliphatic carbocycles. The minimum Gasteiger partial charge on any atom is -0.463 e. The molecule has 6 nitrogen and oxygen atoms in total. The Labute approximate surface area is 167 Å². The third kappa shape index (κ3) is 5.87. The minimum atomic E-state index is -0.224. The van der Waals surface area contributed by atoms with E-state index in [9.17, 15) is 4.79 Å². The molecule has 0 aliphatic rings. The molecule has 10 heteroatoms. The van der Waals surface area contributed by atoms with Gasteiger partial charge in [-0.1, -0.05) is 64.7 Å². The van der Waals surface area contributed by atoms with E-state index in [0.717, 1.165) is 25.0 Å². The fraction of sp³-hybridized carbons (Fsp3) is 0.125. The van der Waals surface area contributed by atoms with E-state index in [1.165, 1.54) is 35.6 Å². The molecule has 0 spiro atoms. The Morgan fingerprint density at radius 1 is 1.23 bits per heavy atom. The molecule has 0 aliphatic heterocycles. The summed E-state index contributed by atoms with van der Waals surface area (Å²) in [6.07, 6.45) is 2.98. The molecule has 134 valence electrons. The monoisotopic (exact) mass is 424 g/mol. The summed E-state index contributed by atoms with van der Waals surface area (Å²) in [7, 11) is 0. The van der Waals surface area contributed by atoms with Crippen molar-refractivity contribution in [1.29, 1.82) is 0 Å². The zero-order chi connectivity index (χ0) is 18.2. The molecule has 0 fully saturated rings. The molecule has 0 unspecified atom stereocenters. The lowest BCUT2D eigenvalue weighted by atomic mass is 10.2. The van der Waals surface area contributed by atoms with Crippen LogP contribution in [0.25, 0.3) is 0 Å². The SMILES string of the molecule is O=C(CSc1nnc(SCc2ccccc2Cl)s1)N/N=C\c1ccco1. The van der Waals surface area contributed by atoms with Crippen molar-refractivity contribution in [1.82, 2.24) is 15.6 Å². The maximum atomic E-state index is 11.8. The van der Waals surface area contributed by atoms with Gasteiger partial charge in [-0.05, 0) is 23.8 Å². The molecule has 0 bridgehead atoms. The fourth-order valence-electron chi connectivity index (χ4n) is 1.76. The van der Waals surface area contributed by atoms with Gasteiger partial charge in [0.1, 0.15) is 5.76 Å². The molecule has 2 aromatic heterocycles. The van der Waals surface area contributed by atoms with Crippen LogP contribution in [0.5, 0.6) is 0 Å². The Kier molecular flexibility index (Phi) is 7.13.